The summed E-state index contributed by atoms with van der Waals surface area (Å²) in [4.78, 5) is 16.8. The molecular weight excluding hydrogens is 278 g/mol. The van der Waals surface area contributed by atoms with E-state index < -0.39 is 0 Å². The Morgan fingerprint density at radius 3 is 2.41 bits per heavy atom. The van der Waals surface area contributed by atoms with Crippen molar-refractivity contribution in [2.75, 3.05) is 44.2 Å². The molecular formula is C17H27N3O2. The molecule has 5 heteroatoms. The van der Waals surface area contributed by atoms with Crippen molar-refractivity contribution in [3.63, 3.8) is 0 Å². The van der Waals surface area contributed by atoms with Gasteiger partial charge in [0, 0.05) is 44.0 Å². The molecule has 1 aromatic carbocycles. The second-order valence-corrected chi connectivity index (χ2v) is 5.86. The van der Waals surface area contributed by atoms with E-state index >= 15 is 0 Å². The van der Waals surface area contributed by atoms with E-state index in [0.717, 1.165) is 32.7 Å². The number of hydrogen-bond donors (Lipinski definition) is 2. The zero-order valence-electron chi connectivity index (χ0n) is 13.6. The normalized spacial score (nSPS) is 17.3. The van der Waals surface area contributed by atoms with Crippen molar-refractivity contribution in [2.45, 2.75) is 26.4 Å². The molecule has 0 bridgehead atoms. The lowest BCUT2D eigenvalue weighted by atomic mass is 10.1. The van der Waals surface area contributed by atoms with Crippen molar-refractivity contribution in [1.29, 1.82) is 0 Å². The van der Waals surface area contributed by atoms with E-state index in [0.29, 0.717) is 18.5 Å². The van der Waals surface area contributed by atoms with Gasteiger partial charge in [0.05, 0.1) is 6.10 Å². The van der Waals surface area contributed by atoms with Gasteiger partial charge in [0.1, 0.15) is 0 Å². The number of aliphatic hydroxyl groups excluding tert-OH is 1. The smallest absolute Gasteiger partial charge is 0.251 e. The number of carbonyl (C=O) groups excluding carboxylic acids is 1. The predicted molar refractivity (Wildman–Crippen MR) is 89.4 cm³/mol. The van der Waals surface area contributed by atoms with Gasteiger partial charge in [-0.2, -0.15) is 0 Å². The molecule has 0 aliphatic carbocycles. The van der Waals surface area contributed by atoms with Gasteiger partial charge in [0.2, 0.25) is 0 Å². The maximum absolute atomic E-state index is 12.0. The van der Waals surface area contributed by atoms with Crippen molar-refractivity contribution in [1.82, 2.24) is 10.2 Å². The summed E-state index contributed by atoms with van der Waals surface area (Å²) < 4.78 is 0. The highest BCUT2D eigenvalue weighted by Crippen LogP contribution is 2.17. The van der Waals surface area contributed by atoms with Crippen LogP contribution in [0.4, 0.5) is 5.69 Å². The Bertz CT molecular complexity index is 465. The van der Waals surface area contributed by atoms with Crippen LogP contribution in [0.3, 0.4) is 0 Å². The fourth-order valence-corrected chi connectivity index (χ4v) is 2.64. The number of hydrogen-bond acceptors (Lipinski definition) is 4. The zero-order chi connectivity index (χ0) is 15.9. The van der Waals surface area contributed by atoms with Crippen LogP contribution in [0.15, 0.2) is 24.3 Å². The molecule has 1 saturated heterocycles. The molecule has 122 valence electrons. The summed E-state index contributed by atoms with van der Waals surface area (Å²) in [5, 5.41) is 12.0. The van der Waals surface area contributed by atoms with Crippen LogP contribution in [0.1, 0.15) is 30.6 Å². The van der Waals surface area contributed by atoms with Crippen LogP contribution in [0.2, 0.25) is 0 Å². The monoisotopic (exact) mass is 305 g/mol. The largest absolute Gasteiger partial charge is 0.393 e. The molecule has 1 unspecified atom stereocenters. The number of piperazine rings is 1. The highest BCUT2D eigenvalue weighted by atomic mass is 16.3. The number of aliphatic hydroxyl groups is 1. The summed E-state index contributed by atoms with van der Waals surface area (Å²) >= 11 is 0. The minimum absolute atomic E-state index is 0.0806. The number of rotatable bonds is 6. The van der Waals surface area contributed by atoms with E-state index in [9.17, 15) is 9.90 Å². The van der Waals surface area contributed by atoms with E-state index in [1.54, 1.807) is 6.92 Å². The summed E-state index contributed by atoms with van der Waals surface area (Å²) in [6.45, 7) is 9.79. The number of benzene rings is 1. The highest BCUT2D eigenvalue weighted by Gasteiger charge is 2.16. The van der Waals surface area contributed by atoms with E-state index in [2.05, 4.69) is 22.0 Å². The van der Waals surface area contributed by atoms with E-state index in [1.165, 1.54) is 5.69 Å². The van der Waals surface area contributed by atoms with Gasteiger partial charge in [-0.3, -0.25) is 4.79 Å². The van der Waals surface area contributed by atoms with Crippen LogP contribution < -0.4 is 10.2 Å². The maximum atomic E-state index is 12.0. The van der Waals surface area contributed by atoms with E-state index in [1.807, 2.05) is 24.3 Å². The lowest BCUT2D eigenvalue weighted by Gasteiger charge is -2.35. The summed E-state index contributed by atoms with van der Waals surface area (Å²) in [5.41, 5.74) is 1.85. The third kappa shape index (κ3) is 4.71. The molecule has 1 amide bonds. The zero-order valence-corrected chi connectivity index (χ0v) is 13.6. The number of nitrogens with zero attached hydrogens (tertiary/aromatic N) is 2. The number of likely N-dealkylation sites (N-methyl/N-ethyl adjacent to an activating group) is 1. The van der Waals surface area contributed by atoms with Gasteiger partial charge in [0.15, 0.2) is 0 Å². The first-order valence-corrected chi connectivity index (χ1v) is 8.13. The Balaban J connectivity index is 1.86. The second kappa shape index (κ2) is 8.15. The Hall–Kier alpha value is -1.59. The number of amides is 1. The molecule has 1 aliphatic rings. The first-order chi connectivity index (χ1) is 10.6. The Morgan fingerprint density at radius 2 is 1.86 bits per heavy atom. The third-order valence-electron chi connectivity index (χ3n) is 4.16. The van der Waals surface area contributed by atoms with Gasteiger partial charge in [-0.15, -0.1) is 0 Å². The molecule has 2 N–H and O–H groups in total. The Morgan fingerprint density at radius 1 is 1.23 bits per heavy atom. The molecule has 1 heterocycles. The van der Waals surface area contributed by atoms with Crippen molar-refractivity contribution in [3.8, 4) is 0 Å². The van der Waals surface area contributed by atoms with Crippen LogP contribution in [0, 0.1) is 0 Å². The van der Waals surface area contributed by atoms with Crippen LogP contribution in [0.25, 0.3) is 0 Å². The Labute approximate surface area is 132 Å². The lowest BCUT2D eigenvalue weighted by Crippen LogP contribution is -2.46. The van der Waals surface area contributed by atoms with Crippen LogP contribution >= 0.6 is 0 Å². The average molecular weight is 305 g/mol. The molecule has 1 fully saturated rings. The molecule has 0 radical (unpaired) electrons. The first kappa shape index (κ1) is 16.8. The van der Waals surface area contributed by atoms with Gasteiger partial charge in [-0.05, 0) is 44.2 Å². The quantitative estimate of drug-likeness (QED) is 0.832. The fourth-order valence-electron chi connectivity index (χ4n) is 2.64. The fraction of sp³-hybridized carbons (Fsp3) is 0.588. The number of nitrogens with one attached hydrogen (secondary N) is 1. The molecule has 22 heavy (non-hydrogen) atoms. The van der Waals surface area contributed by atoms with Crippen molar-refractivity contribution >= 4 is 11.6 Å². The summed E-state index contributed by atoms with van der Waals surface area (Å²) in [7, 11) is 0. The van der Waals surface area contributed by atoms with E-state index in [4.69, 9.17) is 0 Å². The van der Waals surface area contributed by atoms with Crippen LogP contribution in [-0.4, -0.2) is 61.3 Å². The van der Waals surface area contributed by atoms with Crippen molar-refractivity contribution < 1.29 is 9.90 Å². The van der Waals surface area contributed by atoms with Gasteiger partial charge >= 0.3 is 0 Å². The summed E-state index contributed by atoms with van der Waals surface area (Å²) in [6.07, 6.45) is 0.190. The number of carbonyl (C=O) groups is 1. The summed E-state index contributed by atoms with van der Waals surface area (Å²) in [5.74, 6) is -0.0806. The molecule has 0 spiro atoms. The molecule has 0 saturated carbocycles. The van der Waals surface area contributed by atoms with Gasteiger partial charge < -0.3 is 20.2 Å². The Kier molecular flexibility index (Phi) is 6.21. The predicted octanol–water partition coefficient (Wildman–Crippen LogP) is 1.33. The van der Waals surface area contributed by atoms with Crippen LogP contribution in [0.5, 0.6) is 0 Å². The molecule has 1 aliphatic heterocycles. The minimum atomic E-state index is -0.385. The van der Waals surface area contributed by atoms with Gasteiger partial charge in [-0.25, -0.2) is 0 Å². The van der Waals surface area contributed by atoms with Gasteiger partial charge in [0.25, 0.3) is 5.91 Å². The topological polar surface area (TPSA) is 55.8 Å². The average Bonchev–Trinajstić information content (AvgIpc) is 2.54. The molecule has 2 rings (SSSR count). The molecule has 1 atom stereocenters. The van der Waals surface area contributed by atoms with E-state index in [-0.39, 0.29) is 12.0 Å². The second-order valence-electron chi connectivity index (χ2n) is 5.86. The van der Waals surface area contributed by atoms with Crippen LogP contribution in [-0.2, 0) is 0 Å². The third-order valence-corrected chi connectivity index (χ3v) is 4.16. The first-order valence-electron chi connectivity index (χ1n) is 8.13. The highest BCUT2D eigenvalue weighted by molar-refractivity contribution is 5.94. The minimum Gasteiger partial charge on any atom is -0.393 e. The number of anilines is 1. The maximum Gasteiger partial charge on any atom is 0.251 e. The lowest BCUT2D eigenvalue weighted by molar-refractivity contribution is 0.0945. The standard InChI is InChI=1S/C17H27N3O2/c1-3-19-10-12-20(13-11-19)16-6-4-15(5-7-16)17(22)18-9-8-14(2)21/h4-7,14,21H,3,8-13H2,1-2H3,(H,18,22). The molecule has 5 nitrogen and oxygen atoms in total. The van der Waals surface area contributed by atoms with Crippen molar-refractivity contribution in [2.24, 2.45) is 0 Å². The molecule has 1 aromatic rings. The molecule has 0 aromatic heterocycles. The summed E-state index contributed by atoms with van der Waals surface area (Å²) in [6, 6.07) is 7.79. The van der Waals surface area contributed by atoms with Crippen molar-refractivity contribution in [3.05, 3.63) is 29.8 Å². The SMILES string of the molecule is CCN1CCN(c2ccc(C(=O)NCCC(C)O)cc2)CC1. The van der Waals surface area contributed by atoms with Gasteiger partial charge in [-0.1, -0.05) is 6.92 Å².